The van der Waals surface area contributed by atoms with Crippen LogP contribution in [0.15, 0.2) is 18.2 Å². The molecule has 0 aromatic heterocycles. The third kappa shape index (κ3) is 2.86. The lowest BCUT2D eigenvalue weighted by Crippen LogP contribution is -2.48. The second-order valence-electron chi connectivity index (χ2n) is 5.96. The van der Waals surface area contributed by atoms with Crippen LogP contribution in [0, 0.1) is 9.49 Å². The maximum absolute atomic E-state index is 6.25. The van der Waals surface area contributed by atoms with Gasteiger partial charge in [-0.3, -0.25) is 11.3 Å². The summed E-state index contributed by atoms with van der Waals surface area (Å²) in [7, 11) is 0. The Labute approximate surface area is 138 Å². The van der Waals surface area contributed by atoms with Crippen molar-refractivity contribution in [3.8, 4) is 0 Å². The third-order valence-corrected chi connectivity index (χ3v) is 6.32. The van der Waals surface area contributed by atoms with Crippen LogP contribution in [0.5, 0.6) is 0 Å². The fourth-order valence-electron chi connectivity index (χ4n) is 3.48. The van der Waals surface area contributed by atoms with E-state index in [1.165, 1.54) is 24.8 Å². The average molecular weight is 407 g/mol. The highest BCUT2D eigenvalue weighted by molar-refractivity contribution is 14.1. The number of rotatable bonds is 3. The second-order valence-corrected chi connectivity index (χ2v) is 7.53. The van der Waals surface area contributed by atoms with Crippen molar-refractivity contribution in [2.24, 2.45) is 11.8 Å². The molecular weight excluding hydrogens is 387 g/mol. The molecule has 3 rings (SSSR count). The van der Waals surface area contributed by atoms with Crippen LogP contribution in [0.2, 0.25) is 5.02 Å². The Hall–Kier alpha value is 0.120. The summed E-state index contributed by atoms with van der Waals surface area (Å²) in [6.07, 6.45) is 5.86. The van der Waals surface area contributed by atoms with Gasteiger partial charge in [-0.15, -0.1) is 0 Å². The van der Waals surface area contributed by atoms with Crippen LogP contribution in [-0.4, -0.2) is 12.2 Å². The second kappa shape index (κ2) is 6.08. The highest BCUT2D eigenvalue weighted by Crippen LogP contribution is 2.47. The average Bonchev–Trinajstić information content (AvgIpc) is 2.42. The maximum atomic E-state index is 6.25. The molecule has 0 radical (unpaired) electrons. The lowest BCUT2D eigenvalue weighted by Gasteiger charge is -2.48. The first kappa shape index (κ1) is 15.0. The van der Waals surface area contributed by atoms with E-state index in [1.54, 1.807) is 0 Å². The zero-order valence-corrected chi connectivity index (χ0v) is 14.3. The van der Waals surface area contributed by atoms with Crippen LogP contribution in [0.1, 0.15) is 43.7 Å². The Morgan fingerprint density at radius 3 is 2.85 bits per heavy atom. The predicted octanol–water partition coefficient (Wildman–Crippen LogP) is 3.80. The van der Waals surface area contributed by atoms with Gasteiger partial charge >= 0.3 is 0 Å². The molecule has 0 bridgehead atoms. The molecule has 1 aromatic carbocycles. The third-order valence-electron chi connectivity index (χ3n) is 4.75. The maximum Gasteiger partial charge on any atom is 0.0686 e. The number of nitrogens with two attached hydrogens (primary N) is 1. The predicted molar refractivity (Wildman–Crippen MR) is 89.5 cm³/mol. The molecule has 110 valence electrons. The number of hydrogen-bond acceptors (Lipinski definition) is 3. The Kier molecular flexibility index (Phi) is 4.57. The quantitative estimate of drug-likeness (QED) is 0.456. The van der Waals surface area contributed by atoms with E-state index in [4.69, 9.17) is 22.2 Å². The fraction of sp³-hybridized carbons (Fsp3) is 0.600. The molecule has 1 saturated heterocycles. The van der Waals surface area contributed by atoms with Gasteiger partial charge < -0.3 is 4.74 Å². The van der Waals surface area contributed by atoms with Gasteiger partial charge in [-0.1, -0.05) is 17.7 Å². The van der Waals surface area contributed by atoms with Gasteiger partial charge in [-0.05, 0) is 78.3 Å². The van der Waals surface area contributed by atoms with Gasteiger partial charge in [0, 0.05) is 16.2 Å². The van der Waals surface area contributed by atoms with Crippen molar-refractivity contribution in [3.05, 3.63) is 32.4 Å². The minimum atomic E-state index is 0.144. The van der Waals surface area contributed by atoms with Crippen LogP contribution in [0.25, 0.3) is 0 Å². The summed E-state index contributed by atoms with van der Waals surface area (Å²) in [5, 5.41) is 0.800. The molecule has 1 aromatic rings. The molecule has 2 atom stereocenters. The zero-order chi connectivity index (χ0) is 14.2. The molecule has 1 heterocycles. The van der Waals surface area contributed by atoms with Crippen molar-refractivity contribution in [1.82, 2.24) is 5.43 Å². The van der Waals surface area contributed by atoms with Crippen molar-refractivity contribution in [3.63, 3.8) is 0 Å². The monoisotopic (exact) mass is 406 g/mol. The largest absolute Gasteiger partial charge is 0.375 e. The fourth-order valence-corrected chi connectivity index (χ4v) is 4.00. The number of benzene rings is 1. The first-order valence-electron chi connectivity index (χ1n) is 7.19. The number of ether oxygens (including phenoxy) is 1. The van der Waals surface area contributed by atoms with Gasteiger partial charge in [-0.2, -0.15) is 0 Å². The van der Waals surface area contributed by atoms with Crippen LogP contribution in [0.4, 0.5) is 0 Å². The van der Waals surface area contributed by atoms with E-state index >= 15 is 0 Å². The summed E-state index contributed by atoms with van der Waals surface area (Å²) in [4.78, 5) is 0. The van der Waals surface area contributed by atoms with Gasteiger partial charge in [0.2, 0.25) is 0 Å². The Bertz CT molecular complexity index is 493. The molecule has 2 unspecified atom stereocenters. The van der Waals surface area contributed by atoms with Crippen molar-refractivity contribution in [2.45, 2.75) is 43.7 Å². The van der Waals surface area contributed by atoms with Crippen LogP contribution in [0.3, 0.4) is 0 Å². The molecule has 3 N–H and O–H groups in total. The first-order chi connectivity index (χ1) is 9.63. The summed E-state index contributed by atoms with van der Waals surface area (Å²) in [6.45, 7) is 0.848. The summed E-state index contributed by atoms with van der Waals surface area (Å²) >= 11 is 8.50. The molecule has 3 nitrogen and oxygen atoms in total. The lowest BCUT2D eigenvalue weighted by molar-refractivity contribution is -0.147. The molecule has 5 heteroatoms. The normalized spacial score (nSPS) is 26.2. The number of hydrogen-bond donors (Lipinski definition) is 2. The van der Waals surface area contributed by atoms with E-state index in [2.05, 4.69) is 40.1 Å². The van der Waals surface area contributed by atoms with E-state index in [0.717, 1.165) is 28.0 Å². The van der Waals surface area contributed by atoms with E-state index in [-0.39, 0.29) is 11.6 Å². The highest BCUT2D eigenvalue weighted by atomic mass is 127. The number of hydrazine groups is 1. The minimum absolute atomic E-state index is 0.144. The van der Waals surface area contributed by atoms with E-state index in [9.17, 15) is 0 Å². The van der Waals surface area contributed by atoms with Gasteiger partial charge in [0.15, 0.2) is 0 Å². The van der Waals surface area contributed by atoms with Crippen LogP contribution < -0.4 is 11.3 Å². The molecule has 2 fully saturated rings. The minimum Gasteiger partial charge on any atom is -0.375 e. The summed E-state index contributed by atoms with van der Waals surface area (Å²) in [6, 6.07) is 6.38. The Morgan fingerprint density at radius 1 is 1.45 bits per heavy atom. The smallest absolute Gasteiger partial charge is 0.0686 e. The van der Waals surface area contributed by atoms with E-state index < -0.39 is 0 Å². The molecule has 0 amide bonds. The van der Waals surface area contributed by atoms with Crippen LogP contribution in [-0.2, 0) is 4.74 Å². The number of nitrogens with one attached hydrogen (secondary N) is 1. The molecule has 2 aliphatic rings. The van der Waals surface area contributed by atoms with Gasteiger partial charge in [0.1, 0.15) is 0 Å². The van der Waals surface area contributed by atoms with Crippen molar-refractivity contribution in [2.75, 3.05) is 6.61 Å². The van der Waals surface area contributed by atoms with Crippen molar-refractivity contribution >= 4 is 34.2 Å². The summed E-state index contributed by atoms with van der Waals surface area (Å²) in [5.74, 6) is 6.35. The standard InChI is InChI=1S/C15H20ClIN2O/c16-12-8-10(2-3-13(12)17)14(19-18)11-4-7-20-15(9-11)5-1-6-15/h2-3,8,11,14,19H,1,4-7,9,18H2. The molecule has 1 saturated carbocycles. The van der Waals surface area contributed by atoms with Gasteiger partial charge in [-0.25, -0.2) is 0 Å². The molecule has 20 heavy (non-hydrogen) atoms. The van der Waals surface area contributed by atoms with Crippen molar-refractivity contribution in [1.29, 1.82) is 0 Å². The van der Waals surface area contributed by atoms with Crippen LogP contribution >= 0.6 is 34.2 Å². The topological polar surface area (TPSA) is 47.3 Å². The lowest BCUT2D eigenvalue weighted by atomic mass is 9.70. The van der Waals surface area contributed by atoms with E-state index in [0.29, 0.717) is 5.92 Å². The molecular formula is C15H20ClIN2O. The molecule has 1 aliphatic heterocycles. The van der Waals surface area contributed by atoms with E-state index in [1.807, 2.05) is 6.07 Å². The Morgan fingerprint density at radius 2 is 2.25 bits per heavy atom. The van der Waals surface area contributed by atoms with Gasteiger partial charge in [0.25, 0.3) is 0 Å². The highest BCUT2D eigenvalue weighted by Gasteiger charge is 2.44. The summed E-state index contributed by atoms with van der Waals surface area (Å²) < 4.78 is 7.08. The van der Waals surface area contributed by atoms with Gasteiger partial charge in [0.05, 0.1) is 10.6 Å². The van der Waals surface area contributed by atoms with Crippen molar-refractivity contribution < 1.29 is 4.74 Å². The number of halogens is 2. The molecule has 1 aliphatic carbocycles. The first-order valence-corrected chi connectivity index (χ1v) is 8.64. The summed E-state index contributed by atoms with van der Waals surface area (Å²) in [5.41, 5.74) is 4.33. The Balaban J connectivity index is 1.79. The zero-order valence-electron chi connectivity index (χ0n) is 11.4. The SMILES string of the molecule is NNC(c1ccc(I)c(Cl)c1)C1CCOC2(CCC2)C1. The molecule has 1 spiro atoms.